The van der Waals surface area contributed by atoms with Crippen LogP contribution in [0.15, 0.2) is 24.3 Å². The van der Waals surface area contributed by atoms with Gasteiger partial charge < -0.3 is 0 Å². The Balaban J connectivity index is 1.95. The maximum Gasteiger partial charge on any atom is -0.0279 e. The van der Waals surface area contributed by atoms with Gasteiger partial charge in [-0.1, -0.05) is 81.7 Å². The Hall–Kier alpha value is -0.780. The summed E-state index contributed by atoms with van der Waals surface area (Å²) in [6, 6.07) is 8.97. The maximum atomic E-state index is 3.87. The zero-order valence-electron chi connectivity index (χ0n) is 11.4. The Morgan fingerprint density at radius 2 is 1.29 bits per heavy atom. The molecule has 0 N–H and O–H groups in total. The molecule has 0 unspecified atom stereocenters. The van der Waals surface area contributed by atoms with Gasteiger partial charge in [-0.2, -0.15) is 0 Å². The van der Waals surface area contributed by atoms with Crippen molar-refractivity contribution in [1.29, 1.82) is 0 Å². The summed E-state index contributed by atoms with van der Waals surface area (Å²) < 4.78 is 0. The second-order valence-electron chi connectivity index (χ2n) is 5.06. The van der Waals surface area contributed by atoms with Crippen LogP contribution >= 0.6 is 0 Å². The van der Waals surface area contributed by atoms with Crippen LogP contribution in [0.4, 0.5) is 0 Å². The molecule has 0 spiro atoms. The fourth-order valence-electron chi connectivity index (χ4n) is 2.14. The predicted octanol–water partition coefficient (Wildman–Crippen LogP) is 5.49. The summed E-state index contributed by atoms with van der Waals surface area (Å²) >= 11 is 0. The zero-order chi connectivity index (χ0) is 12.3. The van der Waals surface area contributed by atoms with Crippen molar-refractivity contribution in [2.75, 3.05) is 0 Å². The average molecular weight is 231 g/mol. The van der Waals surface area contributed by atoms with Crippen molar-refractivity contribution in [1.82, 2.24) is 0 Å². The SMILES string of the molecule is [CH2]CCCCCCCCCc1ccc(C)cc1. The monoisotopic (exact) mass is 231 g/mol. The molecule has 0 saturated heterocycles. The van der Waals surface area contributed by atoms with Gasteiger partial charge in [-0.15, -0.1) is 0 Å². The fraction of sp³-hybridized carbons (Fsp3) is 0.588. The van der Waals surface area contributed by atoms with Gasteiger partial charge in [0.15, 0.2) is 0 Å². The van der Waals surface area contributed by atoms with Crippen LogP contribution in [0.5, 0.6) is 0 Å². The minimum atomic E-state index is 1.10. The number of unbranched alkanes of at least 4 members (excludes halogenated alkanes) is 7. The summed E-state index contributed by atoms with van der Waals surface area (Å²) in [6.07, 6.45) is 12.0. The number of rotatable bonds is 9. The molecule has 0 heterocycles. The second-order valence-corrected chi connectivity index (χ2v) is 5.06. The molecule has 1 aromatic carbocycles. The number of hydrogen-bond donors (Lipinski definition) is 0. The van der Waals surface area contributed by atoms with E-state index >= 15 is 0 Å². The maximum absolute atomic E-state index is 3.87. The minimum Gasteiger partial charge on any atom is -0.0591 e. The second kappa shape index (κ2) is 9.27. The molecule has 0 nitrogen and oxygen atoms in total. The van der Waals surface area contributed by atoms with Crippen molar-refractivity contribution in [3.8, 4) is 0 Å². The normalized spacial score (nSPS) is 10.7. The third-order valence-electron chi connectivity index (χ3n) is 3.34. The van der Waals surface area contributed by atoms with E-state index in [0.717, 1.165) is 6.42 Å². The topological polar surface area (TPSA) is 0 Å². The highest BCUT2D eigenvalue weighted by Gasteiger charge is 1.94. The van der Waals surface area contributed by atoms with Crippen LogP contribution in [0.1, 0.15) is 62.5 Å². The molecule has 0 aliphatic heterocycles. The Bertz CT molecular complexity index is 271. The molecule has 0 aromatic heterocycles. The predicted molar refractivity (Wildman–Crippen MR) is 77.2 cm³/mol. The van der Waals surface area contributed by atoms with E-state index < -0.39 is 0 Å². The van der Waals surface area contributed by atoms with Crippen LogP contribution in [0.2, 0.25) is 0 Å². The summed E-state index contributed by atoms with van der Waals surface area (Å²) in [5, 5.41) is 0. The molecule has 1 aromatic rings. The molecule has 1 radical (unpaired) electrons. The quantitative estimate of drug-likeness (QED) is 0.493. The van der Waals surface area contributed by atoms with Crippen LogP contribution in [-0.2, 0) is 6.42 Å². The van der Waals surface area contributed by atoms with Crippen molar-refractivity contribution in [3.63, 3.8) is 0 Å². The van der Waals surface area contributed by atoms with E-state index in [-0.39, 0.29) is 0 Å². The molecule has 0 atom stereocenters. The minimum absolute atomic E-state index is 1.10. The summed E-state index contributed by atoms with van der Waals surface area (Å²) in [5.41, 5.74) is 2.85. The molecule has 0 amide bonds. The van der Waals surface area contributed by atoms with E-state index in [1.807, 2.05) is 0 Å². The van der Waals surface area contributed by atoms with E-state index in [0.29, 0.717) is 0 Å². The average Bonchev–Trinajstić information content (AvgIpc) is 2.35. The molecule has 0 saturated carbocycles. The highest BCUT2D eigenvalue weighted by Crippen LogP contribution is 2.11. The first-order valence-electron chi connectivity index (χ1n) is 7.17. The van der Waals surface area contributed by atoms with Crippen molar-refractivity contribution in [2.45, 2.75) is 64.7 Å². The van der Waals surface area contributed by atoms with Crippen LogP contribution < -0.4 is 0 Å². The number of aryl methyl sites for hydroxylation is 2. The molecule has 0 aliphatic rings. The first-order chi connectivity index (χ1) is 8.33. The van der Waals surface area contributed by atoms with Crippen molar-refractivity contribution in [3.05, 3.63) is 42.3 Å². The summed E-state index contributed by atoms with van der Waals surface area (Å²) in [6.45, 7) is 6.02. The Kier molecular flexibility index (Phi) is 7.79. The van der Waals surface area contributed by atoms with Gasteiger partial charge >= 0.3 is 0 Å². The third-order valence-corrected chi connectivity index (χ3v) is 3.34. The molecule has 0 heteroatoms. The van der Waals surface area contributed by atoms with Crippen LogP contribution in [-0.4, -0.2) is 0 Å². The van der Waals surface area contributed by atoms with Crippen LogP contribution in [0, 0.1) is 13.8 Å². The fourth-order valence-corrected chi connectivity index (χ4v) is 2.14. The number of hydrogen-bond acceptors (Lipinski definition) is 0. The number of benzene rings is 1. The van der Waals surface area contributed by atoms with Gasteiger partial charge in [0, 0.05) is 0 Å². The third kappa shape index (κ3) is 7.20. The van der Waals surface area contributed by atoms with Gasteiger partial charge in [0.2, 0.25) is 0 Å². The first kappa shape index (κ1) is 14.3. The molecule has 0 aliphatic carbocycles. The molecule has 17 heavy (non-hydrogen) atoms. The molecule has 0 bridgehead atoms. The highest BCUT2D eigenvalue weighted by molar-refractivity contribution is 5.21. The van der Waals surface area contributed by atoms with Crippen LogP contribution in [0.25, 0.3) is 0 Å². The first-order valence-corrected chi connectivity index (χ1v) is 7.17. The molecule has 1 rings (SSSR count). The molecule has 95 valence electrons. The van der Waals surface area contributed by atoms with Gasteiger partial charge in [0.1, 0.15) is 0 Å². The van der Waals surface area contributed by atoms with Gasteiger partial charge in [0.05, 0.1) is 0 Å². The molecular formula is C17H27. The Labute approximate surface area is 107 Å². The van der Waals surface area contributed by atoms with Crippen molar-refractivity contribution < 1.29 is 0 Å². The van der Waals surface area contributed by atoms with Gasteiger partial charge in [-0.25, -0.2) is 0 Å². The van der Waals surface area contributed by atoms with E-state index in [9.17, 15) is 0 Å². The standard InChI is InChI=1S/C17H27/c1-3-4-5-6-7-8-9-10-11-17-14-12-16(2)13-15-17/h12-15H,1,3-11H2,2H3. The largest absolute Gasteiger partial charge is 0.0591 e. The van der Waals surface area contributed by atoms with Crippen molar-refractivity contribution in [2.24, 2.45) is 0 Å². The lowest BCUT2D eigenvalue weighted by molar-refractivity contribution is 0.581. The van der Waals surface area contributed by atoms with E-state index in [1.165, 1.54) is 62.5 Å². The molecule has 0 fully saturated rings. The zero-order valence-corrected chi connectivity index (χ0v) is 11.4. The van der Waals surface area contributed by atoms with Gasteiger partial charge in [0.25, 0.3) is 0 Å². The lowest BCUT2D eigenvalue weighted by atomic mass is 10.0. The molecular weight excluding hydrogens is 204 g/mol. The highest BCUT2D eigenvalue weighted by atomic mass is 14.0. The Morgan fingerprint density at radius 1 is 0.765 bits per heavy atom. The van der Waals surface area contributed by atoms with Crippen LogP contribution in [0.3, 0.4) is 0 Å². The van der Waals surface area contributed by atoms with Gasteiger partial charge in [-0.3, -0.25) is 0 Å². The smallest absolute Gasteiger partial charge is 0.0279 e. The lowest BCUT2D eigenvalue weighted by Crippen LogP contribution is -1.86. The van der Waals surface area contributed by atoms with E-state index in [4.69, 9.17) is 0 Å². The van der Waals surface area contributed by atoms with Gasteiger partial charge in [-0.05, 0) is 25.3 Å². The summed E-state index contributed by atoms with van der Waals surface area (Å²) in [5.74, 6) is 0. The van der Waals surface area contributed by atoms with Crippen molar-refractivity contribution >= 4 is 0 Å². The summed E-state index contributed by atoms with van der Waals surface area (Å²) in [4.78, 5) is 0. The summed E-state index contributed by atoms with van der Waals surface area (Å²) in [7, 11) is 0. The van der Waals surface area contributed by atoms with E-state index in [1.54, 1.807) is 0 Å². The Morgan fingerprint density at radius 3 is 1.88 bits per heavy atom. The van der Waals surface area contributed by atoms with E-state index in [2.05, 4.69) is 38.1 Å². The lowest BCUT2D eigenvalue weighted by Gasteiger charge is -2.03.